The summed E-state index contributed by atoms with van der Waals surface area (Å²) in [5.41, 5.74) is 0.334. The van der Waals surface area contributed by atoms with Crippen LogP contribution in [0.15, 0.2) is 63.9 Å². The molecule has 0 saturated heterocycles. The number of hydrogen-bond acceptors (Lipinski definition) is 6. The lowest BCUT2D eigenvalue weighted by molar-refractivity contribution is 0.234. The molecule has 7 heteroatoms. The van der Waals surface area contributed by atoms with Crippen molar-refractivity contribution < 1.29 is 19.0 Å². The zero-order valence-corrected chi connectivity index (χ0v) is 13.0. The van der Waals surface area contributed by atoms with Crippen molar-refractivity contribution in [2.45, 2.75) is 12.6 Å². The third-order valence-electron chi connectivity index (χ3n) is 3.56. The van der Waals surface area contributed by atoms with Gasteiger partial charge in [-0.25, -0.2) is 4.39 Å². The molecule has 3 aromatic rings. The van der Waals surface area contributed by atoms with Gasteiger partial charge in [0, 0.05) is 18.0 Å². The van der Waals surface area contributed by atoms with Gasteiger partial charge in [0.25, 0.3) is 0 Å². The van der Waals surface area contributed by atoms with Crippen LogP contribution >= 0.6 is 0 Å². The Kier molecular flexibility index (Phi) is 4.76. The predicted molar refractivity (Wildman–Crippen MR) is 88.7 cm³/mol. The van der Waals surface area contributed by atoms with E-state index < -0.39 is 29.6 Å². The van der Waals surface area contributed by atoms with Crippen LogP contribution in [0.25, 0.3) is 0 Å². The van der Waals surface area contributed by atoms with Gasteiger partial charge in [-0.15, -0.1) is 0 Å². The molecule has 25 heavy (non-hydrogen) atoms. The van der Waals surface area contributed by atoms with Gasteiger partial charge in [0.05, 0.1) is 5.69 Å². The lowest BCUT2D eigenvalue weighted by Gasteiger charge is -2.20. The number of hydrogen-bond donors (Lipinski definition) is 3. The van der Waals surface area contributed by atoms with Crippen LogP contribution in [0.5, 0.6) is 5.75 Å². The average Bonchev–Trinajstić information content (AvgIpc) is 2.64. The van der Waals surface area contributed by atoms with Crippen molar-refractivity contribution in [1.82, 2.24) is 4.98 Å². The summed E-state index contributed by atoms with van der Waals surface area (Å²) in [6.07, 6.45) is 1.56. The predicted octanol–water partition coefficient (Wildman–Crippen LogP) is 2.57. The molecule has 0 aliphatic carbocycles. The minimum absolute atomic E-state index is 0.0136. The lowest BCUT2D eigenvalue weighted by atomic mass is 10.1. The summed E-state index contributed by atoms with van der Waals surface area (Å²) in [7, 11) is 0. The standard InChI is InChI=1S/C18H15FN2O4/c19-11-4-6-12(7-5-11)21-16(14-3-1-2-8-20-14)18-17(24)15(23)9-13(10-22)25-18/h1-9,16,21-22,24H,10H2. The molecule has 2 heterocycles. The van der Waals surface area contributed by atoms with Gasteiger partial charge >= 0.3 is 0 Å². The maximum atomic E-state index is 13.1. The summed E-state index contributed by atoms with van der Waals surface area (Å²) in [6.45, 7) is -0.492. The van der Waals surface area contributed by atoms with Gasteiger partial charge in [0.1, 0.15) is 24.2 Å². The van der Waals surface area contributed by atoms with Gasteiger partial charge in [0.15, 0.2) is 5.76 Å². The molecular formula is C18H15FN2O4. The molecule has 0 bridgehead atoms. The molecule has 6 nitrogen and oxygen atoms in total. The molecule has 0 spiro atoms. The summed E-state index contributed by atoms with van der Waals surface area (Å²) in [4.78, 5) is 16.2. The van der Waals surface area contributed by atoms with Crippen molar-refractivity contribution >= 4 is 5.69 Å². The number of rotatable bonds is 5. The van der Waals surface area contributed by atoms with Gasteiger partial charge in [-0.1, -0.05) is 6.07 Å². The van der Waals surface area contributed by atoms with E-state index in [-0.39, 0.29) is 11.5 Å². The summed E-state index contributed by atoms with van der Waals surface area (Å²) < 4.78 is 18.6. The molecule has 1 aromatic carbocycles. The SMILES string of the molecule is O=c1cc(CO)oc(C(Nc2ccc(F)cc2)c2ccccn2)c1O. The van der Waals surface area contributed by atoms with Gasteiger partial charge < -0.3 is 19.9 Å². The van der Waals surface area contributed by atoms with Gasteiger partial charge in [-0.2, -0.15) is 0 Å². The molecule has 0 fully saturated rings. The summed E-state index contributed by atoms with van der Waals surface area (Å²) in [6, 6.07) is 10.9. The Balaban J connectivity index is 2.10. The largest absolute Gasteiger partial charge is 0.502 e. The second kappa shape index (κ2) is 7.14. The molecule has 0 radical (unpaired) electrons. The van der Waals surface area contributed by atoms with E-state index in [1.807, 2.05) is 0 Å². The van der Waals surface area contributed by atoms with Crippen molar-refractivity contribution in [2.24, 2.45) is 0 Å². The smallest absolute Gasteiger partial charge is 0.227 e. The highest BCUT2D eigenvalue weighted by molar-refractivity contribution is 5.48. The fourth-order valence-electron chi connectivity index (χ4n) is 2.36. The van der Waals surface area contributed by atoms with E-state index in [2.05, 4.69) is 10.3 Å². The second-order valence-corrected chi connectivity index (χ2v) is 5.29. The zero-order valence-electron chi connectivity index (χ0n) is 13.0. The topological polar surface area (TPSA) is 95.6 Å². The fourth-order valence-corrected chi connectivity index (χ4v) is 2.36. The van der Waals surface area contributed by atoms with Crippen molar-refractivity contribution in [3.8, 4) is 5.75 Å². The number of halogens is 1. The first kappa shape index (κ1) is 16.7. The highest BCUT2D eigenvalue weighted by Gasteiger charge is 2.24. The number of aromatic hydroxyl groups is 1. The van der Waals surface area contributed by atoms with Crippen molar-refractivity contribution in [3.63, 3.8) is 0 Å². The van der Waals surface area contributed by atoms with Gasteiger partial charge in [0.2, 0.25) is 11.2 Å². The van der Waals surface area contributed by atoms with Crippen LogP contribution in [-0.2, 0) is 6.61 Å². The maximum Gasteiger partial charge on any atom is 0.227 e. The average molecular weight is 342 g/mol. The Labute approximate surface area is 142 Å². The van der Waals surface area contributed by atoms with Crippen LogP contribution in [0, 0.1) is 5.82 Å². The van der Waals surface area contributed by atoms with E-state index in [1.54, 1.807) is 24.4 Å². The molecule has 0 aliphatic heterocycles. The monoisotopic (exact) mass is 342 g/mol. The number of aromatic nitrogens is 1. The van der Waals surface area contributed by atoms with E-state index in [4.69, 9.17) is 4.42 Å². The van der Waals surface area contributed by atoms with Crippen LogP contribution in [0.4, 0.5) is 10.1 Å². The molecule has 128 valence electrons. The third kappa shape index (κ3) is 3.67. The first-order valence-electron chi connectivity index (χ1n) is 7.48. The van der Waals surface area contributed by atoms with E-state index in [9.17, 15) is 19.4 Å². The van der Waals surface area contributed by atoms with Crippen molar-refractivity contribution in [2.75, 3.05) is 5.32 Å². The Bertz CT molecular complexity index is 911. The molecule has 1 unspecified atom stereocenters. The van der Waals surface area contributed by atoms with E-state index >= 15 is 0 Å². The minimum Gasteiger partial charge on any atom is -0.502 e. The quantitative estimate of drug-likeness (QED) is 0.660. The molecule has 3 N–H and O–H groups in total. The highest BCUT2D eigenvalue weighted by atomic mass is 19.1. The Morgan fingerprint density at radius 3 is 2.60 bits per heavy atom. The van der Waals surface area contributed by atoms with E-state index in [1.165, 1.54) is 24.3 Å². The normalized spacial score (nSPS) is 11.9. The molecule has 0 saturated carbocycles. The van der Waals surface area contributed by atoms with Crippen molar-refractivity contribution in [1.29, 1.82) is 0 Å². The van der Waals surface area contributed by atoms with Crippen LogP contribution in [0.2, 0.25) is 0 Å². The maximum absolute atomic E-state index is 13.1. The second-order valence-electron chi connectivity index (χ2n) is 5.29. The van der Waals surface area contributed by atoms with Crippen molar-refractivity contribution in [3.05, 3.63) is 88.0 Å². The zero-order chi connectivity index (χ0) is 17.8. The first-order valence-corrected chi connectivity index (χ1v) is 7.48. The van der Waals surface area contributed by atoms with Crippen LogP contribution in [-0.4, -0.2) is 15.2 Å². The Hall–Kier alpha value is -3.19. The number of nitrogens with one attached hydrogen (secondary N) is 1. The number of nitrogens with zero attached hydrogens (tertiary/aromatic N) is 1. The fraction of sp³-hybridized carbons (Fsp3) is 0.111. The van der Waals surface area contributed by atoms with E-state index in [0.717, 1.165) is 6.07 Å². The molecule has 2 aromatic heterocycles. The molecule has 0 aliphatic rings. The molecule has 3 rings (SSSR count). The summed E-state index contributed by atoms with van der Waals surface area (Å²) in [5.74, 6) is -1.04. The Morgan fingerprint density at radius 1 is 1.20 bits per heavy atom. The van der Waals surface area contributed by atoms with Gasteiger partial charge in [-0.3, -0.25) is 9.78 Å². The molecular weight excluding hydrogens is 327 g/mol. The minimum atomic E-state index is -0.814. The molecule has 0 amide bonds. The first-order chi connectivity index (χ1) is 12.1. The summed E-state index contributed by atoms with van der Waals surface area (Å²) in [5, 5.41) is 22.5. The van der Waals surface area contributed by atoms with Gasteiger partial charge in [-0.05, 0) is 36.4 Å². The number of benzene rings is 1. The number of anilines is 1. The Morgan fingerprint density at radius 2 is 1.96 bits per heavy atom. The van der Waals surface area contributed by atoms with Crippen LogP contribution in [0.1, 0.15) is 23.3 Å². The lowest BCUT2D eigenvalue weighted by Crippen LogP contribution is -2.17. The van der Waals surface area contributed by atoms with Crippen LogP contribution < -0.4 is 10.7 Å². The highest BCUT2D eigenvalue weighted by Crippen LogP contribution is 2.30. The number of aliphatic hydroxyl groups excluding tert-OH is 1. The third-order valence-corrected chi connectivity index (χ3v) is 3.56. The number of aliphatic hydroxyl groups is 1. The van der Waals surface area contributed by atoms with Crippen LogP contribution in [0.3, 0.4) is 0 Å². The summed E-state index contributed by atoms with van der Waals surface area (Å²) >= 11 is 0. The number of pyridine rings is 1. The van der Waals surface area contributed by atoms with E-state index in [0.29, 0.717) is 11.4 Å². The molecule has 1 atom stereocenters.